The fourth-order valence-corrected chi connectivity index (χ4v) is 3.73. The molecule has 4 aromatic rings. The molecule has 0 aliphatic rings. The largest absolute Gasteiger partial charge is 0.497 e. The molecule has 2 heterocycles. The molecule has 0 aliphatic carbocycles. The van der Waals surface area contributed by atoms with Crippen molar-refractivity contribution in [1.82, 2.24) is 19.7 Å². The van der Waals surface area contributed by atoms with Gasteiger partial charge < -0.3 is 14.5 Å². The maximum absolute atomic E-state index is 11.6. The first-order chi connectivity index (χ1) is 13.7. The molecule has 0 saturated carbocycles. The Kier molecular flexibility index (Phi) is 5.03. The van der Waals surface area contributed by atoms with Crippen LogP contribution in [0.1, 0.15) is 0 Å². The van der Waals surface area contributed by atoms with Gasteiger partial charge in [0.1, 0.15) is 5.75 Å². The highest BCUT2D eigenvalue weighted by Crippen LogP contribution is 2.32. The van der Waals surface area contributed by atoms with Crippen LogP contribution in [0.25, 0.3) is 28.0 Å². The van der Waals surface area contributed by atoms with Gasteiger partial charge in [0.2, 0.25) is 0 Å². The minimum Gasteiger partial charge on any atom is -0.497 e. The summed E-state index contributed by atoms with van der Waals surface area (Å²) >= 11 is 1.28. The molecule has 28 heavy (non-hydrogen) atoms. The van der Waals surface area contributed by atoms with E-state index in [1.165, 1.54) is 18.9 Å². The van der Waals surface area contributed by atoms with Crippen LogP contribution in [0, 0.1) is 0 Å². The number of aromatic nitrogens is 4. The van der Waals surface area contributed by atoms with E-state index in [0.717, 1.165) is 27.9 Å². The minimum absolute atomic E-state index is 0.151. The topological polar surface area (TPSA) is 82.0 Å². The number of fused-ring (bicyclic) bond motifs is 1. The first kappa shape index (κ1) is 18.1. The van der Waals surface area contributed by atoms with E-state index in [9.17, 15) is 4.79 Å². The summed E-state index contributed by atoms with van der Waals surface area (Å²) in [6.07, 6.45) is 1.92. The summed E-state index contributed by atoms with van der Waals surface area (Å²) in [6.45, 7) is 0. The number of hydrogen-bond donors (Lipinski definition) is 1. The third-order valence-corrected chi connectivity index (χ3v) is 5.24. The van der Waals surface area contributed by atoms with Crippen molar-refractivity contribution < 1.29 is 14.3 Å². The van der Waals surface area contributed by atoms with E-state index in [2.05, 4.69) is 15.2 Å². The summed E-state index contributed by atoms with van der Waals surface area (Å²) in [4.78, 5) is 14.9. The van der Waals surface area contributed by atoms with E-state index in [0.29, 0.717) is 11.0 Å². The van der Waals surface area contributed by atoms with Crippen molar-refractivity contribution in [2.45, 2.75) is 5.16 Å². The third-order valence-electron chi connectivity index (χ3n) is 4.34. The Labute approximate surface area is 165 Å². The molecule has 4 rings (SSSR count). The van der Waals surface area contributed by atoms with Gasteiger partial charge >= 0.3 is 5.97 Å². The maximum Gasteiger partial charge on any atom is 0.316 e. The van der Waals surface area contributed by atoms with Gasteiger partial charge in [0.05, 0.1) is 20.0 Å². The van der Waals surface area contributed by atoms with Crippen molar-refractivity contribution in [3.63, 3.8) is 0 Å². The van der Waals surface area contributed by atoms with E-state index < -0.39 is 0 Å². The van der Waals surface area contributed by atoms with Crippen LogP contribution in [0.4, 0.5) is 0 Å². The Balaban J connectivity index is 1.83. The molecule has 0 spiro atoms. The lowest BCUT2D eigenvalue weighted by molar-refractivity contribution is -0.137. The number of para-hydroxylation sites is 1. The number of carbonyl (C=O) groups excluding carboxylic acids is 1. The van der Waals surface area contributed by atoms with E-state index in [1.807, 2.05) is 59.3 Å². The predicted molar refractivity (Wildman–Crippen MR) is 108 cm³/mol. The van der Waals surface area contributed by atoms with Crippen LogP contribution in [-0.4, -0.2) is 45.7 Å². The average Bonchev–Trinajstić information content (AvgIpc) is 3.35. The summed E-state index contributed by atoms with van der Waals surface area (Å²) in [5.41, 5.74) is 2.83. The second-order valence-electron chi connectivity index (χ2n) is 5.95. The van der Waals surface area contributed by atoms with Gasteiger partial charge in [0.25, 0.3) is 0 Å². The van der Waals surface area contributed by atoms with Gasteiger partial charge in [0, 0.05) is 28.4 Å². The Morgan fingerprint density at radius 2 is 1.89 bits per heavy atom. The van der Waals surface area contributed by atoms with Crippen LogP contribution in [0.2, 0.25) is 0 Å². The smallest absolute Gasteiger partial charge is 0.316 e. The van der Waals surface area contributed by atoms with Gasteiger partial charge in [-0.15, -0.1) is 10.2 Å². The Bertz CT molecular complexity index is 1120. The number of thioether (sulfide) groups is 1. The molecule has 0 atom stereocenters. The number of esters is 1. The summed E-state index contributed by atoms with van der Waals surface area (Å²) in [5.74, 6) is 1.28. The summed E-state index contributed by atoms with van der Waals surface area (Å²) in [7, 11) is 3.00. The zero-order valence-electron chi connectivity index (χ0n) is 15.4. The van der Waals surface area contributed by atoms with Crippen LogP contribution in [-0.2, 0) is 9.53 Å². The summed E-state index contributed by atoms with van der Waals surface area (Å²) < 4.78 is 11.9. The minimum atomic E-state index is -0.317. The molecule has 0 aliphatic heterocycles. The number of methoxy groups -OCH3 is 2. The monoisotopic (exact) mass is 394 g/mol. The number of benzene rings is 2. The summed E-state index contributed by atoms with van der Waals surface area (Å²) in [5, 5.41) is 10.4. The fourth-order valence-electron chi connectivity index (χ4n) is 2.94. The lowest BCUT2D eigenvalue weighted by Crippen LogP contribution is -2.05. The maximum atomic E-state index is 11.6. The van der Waals surface area contributed by atoms with E-state index in [4.69, 9.17) is 9.47 Å². The zero-order valence-corrected chi connectivity index (χ0v) is 16.2. The second kappa shape index (κ2) is 7.77. The van der Waals surface area contributed by atoms with Crippen LogP contribution in [0.15, 0.2) is 59.9 Å². The third kappa shape index (κ3) is 3.34. The Morgan fingerprint density at radius 1 is 1.11 bits per heavy atom. The van der Waals surface area contributed by atoms with Crippen molar-refractivity contribution in [2.24, 2.45) is 0 Å². The van der Waals surface area contributed by atoms with E-state index in [1.54, 1.807) is 7.11 Å². The van der Waals surface area contributed by atoms with Crippen molar-refractivity contribution in [1.29, 1.82) is 0 Å². The molecule has 2 aromatic carbocycles. The van der Waals surface area contributed by atoms with Gasteiger partial charge in [0.15, 0.2) is 11.0 Å². The Hall–Kier alpha value is -3.26. The molecule has 0 unspecified atom stereocenters. The molecule has 0 radical (unpaired) electrons. The average molecular weight is 394 g/mol. The molecular weight excluding hydrogens is 376 g/mol. The van der Waals surface area contributed by atoms with Gasteiger partial charge in [-0.05, 0) is 30.3 Å². The van der Waals surface area contributed by atoms with Crippen molar-refractivity contribution in [2.75, 3.05) is 20.0 Å². The highest BCUT2D eigenvalue weighted by Gasteiger charge is 2.19. The number of ether oxygens (including phenoxy) is 2. The predicted octanol–water partition coefficient (Wildman–Crippen LogP) is 3.69. The molecule has 0 bridgehead atoms. The number of nitrogens with one attached hydrogen (secondary N) is 1. The number of nitrogens with zero attached hydrogens (tertiary/aromatic N) is 3. The molecule has 2 aromatic heterocycles. The second-order valence-corrected chi connectivity index (χ2v) is 6.89. The summed E-state index contributed by atoms with van der Waals surface area (Å²) in [6, 6.07) is 15.6. The quantitative estimate of drug-likeness (QED) is 0.397. The number of rotatable bonds is 6. The Morgan fingerprint density at radius 3 is 2.64 bits per heavy atom. The number of hydrogen-bond acceptors (Lipinski definition) is 6. The van der Waals surface area contributed by atoms with Gasteiger partial charge in [-0.2, -0.15) is 0 Å². The van der Waals surface area contributed by atoms with E-state index >= 15 is 0 Å². The van der Waals surface area contributed by atoms with Gasteiger partial charge in [-0.1, -0.05) is 30.0 Å². The molecule has 1 N–H and O–H groups in total. The van der Waals surface area contributed by atoms with Crippen molar-refractivity contribution in [3.8, 4) is 22.8 Å². The van der Waals surface area contributed by atoms with Crippen molar-refractivity contribution >= 4 is 28.6 Å². The molecule has 7 nitrogen and oxygen atoms in total. The molecule has 8 heteroatoms. The highest BCUT2D eigenvalue weighted by molar-refractivity contribution is 7.99. The van der Waals surface area contributed by atoms with Crippen molar-refractivity contribution in [3.05, 3.63) is 54.7 Å². The molecule has 0 saturated heterocycles. The number of carbonyl (C=O) groups is 1. The van der Waals surface area contributed by atoms with Crippen LogP contribution in [0.5, 0.6) is 5.75 Å². The van der Waals surface area contributed by atoms with Crippen LogP contribution in [0.3, 0.4) is 0 Å². The number of H-pyrrole nitrogens is 1. The van der Waals surface area contributed by atoms with Gasteiger partial charge in [-0.25, -0.2) is 0 Å². The normalized spacial score (nSPS) is 10.9. The van der Waals surface area contributed by atoms with Crippen LogP contribution >= 0.6 is 11.8 Å². The van der Waals surface area contributed by atoms with Crippen LogP contribution < -0.4 is 4.74 Å². The molecule has 0 fully saturated rings. The SMILES string of the molecule is COC(=O)CSc1nnc(-c2c[nH]c3ccccc23)n1-c1ccc(OC)cc1. The zero-order chi connectivity index (χ0) is 19.5. The standard InChI is InChI=1S/C20H18N4O3S/c1-26-14-9-7-13(8-10-14)24-19(22-23-20(24)28-12-18(25)27-2)16-11-21-17-6-4-3-5-15(16)17/h3-11,21H,12H2,1-2H3. The fraction of sp³-hybridized carbons (Fsp3) is 0.150. The first-order valence-corrected chi connectivity index (χ1v) is 9.55. The number of aromatic amines is 1. The molecule has 0 amide bonds. The van der Waals surface area contributed by atoms with Gasteiger partial charge in [-0.3, -0.25) is 9.36 Å². The highest BCUT2D eigenvalue weighted by atomic mass is 32.2. The lowest BCUT2D eigenvalue weighted by Gasteiger charge is -2.10. The molecular formula is C20H18N4O3S. The first-order valence-electron chi connectivity index (χ1n) is 8.57. The van der Waals surface area contributed by atoms with E-state index in [-0.39, 0.29) is 11.7 Å². The molecule has 142 valence electrons. The lowest BCUT2D eigenvalue weighted by atomic mass is 10.1.